The summed E-state index contributed by atoms with van der Waals surface area (Å²) in [6, 6.07) is 2.19. The van der Waals surface area contributed by atoms with Gasteiger partial charge in [0.25, 0.3) is 5.91 Å². The number of aromatic nitrogens is 1. The third-order valence-electron chi connectivity index (χ3n) is 3.29. The van der Waals surface area contributed by atoms with Crippen LogP contribution in [0, 0.1) is 0 Å². The first kappa shape index (κ1) is 17.2. The minimum Gasteiger partial charge on any atom is -0.340 e. The number of carbonyl (C=O) groups is 1. The highest BCUT2D eigenvalue weighted by Gasteiger charge is 2.19. The van der Waals surface area contributed by atoms with E-state index >= 15 is 0 Å². The van der Waals surface area contributed by atoms with Crippen molar-refractivity contribution in [3.8, 4) is 0 Å². The lowest BCUT2D eigenvalue weighted by molar-refractivity contribution is 0.0747. The number of hydrogen-bond donors (Lipinski definition) is 0. The third kappa shape index (κ3) is 4.63. The Hall–Kier alpha value is -0.810. The molecule has 114 valence electrons. The monoisotopic (exact) mass is 343 g/mol. The largest absolute Gasteiger partial charge is 0.340 e. The zero-order valence-electron chi connectivity index (χ0n) is 13.2. The van der Waals surface area contributed by atoms with E-state index in [1.165, 1.54) is 0 Å². The van der Waals surface area contributed by atoms with Gasteiger partial charge >= 0.3 is 0 Å². The summed E-state index contributed by atoms with van der Waals surface area (Å²) in [5, 5.41) is 0. The van der Waals surface area contributed by atoms with Gasteiger partial charge in [0.15, 0.2) is 0 Å². The summed E-state index contributed by atoms with van der Waals surface area (Å²) in [6.45, 7) is 8.75. The molecule has 0 unspecified atom stereocenters. The molecule has 5 heteroatoms. The van der Waals surface area contributed by atoms with Crippen molar-refractivity contribution in [3.05, 3.63) is 22.4 Å². The average molecular weight is 344 g/mol. The summed E-state index contributed by atoms with van der Waals surface area (Å²) >= 11 is 3.46. The molecule has 0 spiro atoms. The van der Waals surface area contributed by atoms with Gasteiger partial charge in [-0.1, -0.05) is 0 Å². The smallest absolute Gasteiger partial charge is 0.270 e. The van der Waals surface area contributed by atoms with E-state index in [9.17, 15) is 4.79 Å². The molecule has 0 radical (unpaired) electrons. The van der Waals surface area contributed by atoms with Crippen LogP contribution in [0.15, 0.2) is 16.7 Å². The van der Waals surface area contributed by atoms with E-state index in [1.54, 1.807) is 0 Å². The van der Waals surface area contributed by atoms with Crippen LogP contribution in [0.5, 0.6) is 0 Å². The van der Waals surface area contributed by atoms with Gasteiger partial charge in [0.2, 0.25) is 0 Å². The van der Waals surface area contributed by atoms with Crippen molar-refractivity contribution < 1.29 is 4.79 Å². The number of carbonyl (C=O) groups excluding carboxylic acids is 1. The molecular formula is C15H26BrN3O. The predicted molar refractivity (Wildman–Crippen MR) is 87.3 cm³/mol. The molecule has 0 atom stereocenters. The summed E-state index contributed by atoms with van der Waals surface area (Å²) in [5.74, 6) is 0.116. The van der Waals surface area contributed by atoms with Crippen LogP contribution in [0.3, 0.4) is 0 Å². The normalized spacial score (nSPS) is 11.4. The zero-order chi connectivity index (χ0) is 15.3. The standard InChI is InChI=1S/C15H26BrN3O/c1-6-18(9-7-8-17(4)5)15(20)14-10-13(16)11-19(14)12(2)3/h10-12H,6-9H2,1-5H3. The molecule has 0 saturated carbocycles. The van der Waals surface area contributed by atoms with E-state index in [-0.39, 0.29) is 11.9 Å². The van der Waals surface area contributed by atoms with Crippen LogP contribution in [0.4, 0.5) is 0 Å². The molecule has 1 amide bonds. The van der Waals surface area contributed by atoms with Gasteiger partial charge in [0.05, 0.1) is 0 Å². The molecule has 0 aromatic carbocycles. The lowest BCUT2D eigenvalue weighted by Gasteiger charge is -2.23. The minimum absolute atomic E-state index is 0.116. The number of hydrogen-bond acceptors (Lipinski definition) is 2. The number of nitrogens with zero attached hydrogens (tertiary/aromatic N) is 3. The molecule has 1 heterocycles. The van der Waals surface area contributed by atoms with Crippen molar-refractivity contribution in [1.82, 2.24) is 14.4 Å². The molecular weight excluding hydrogens is 318 g/mol. The molecule has 0 saturated heterocycles. The van der Waals surface area contributed by atoms with Gasteiger partial charge in [-0.3, -0.25) is 4.79 Å². The molecule has 1 rings (SSSR count). The molecule has 0 aliphatic carbocycles. The van der Waals surface area contributed by atoms with Gasteiger partial charge < -0.3 is 14.4 Å². The van der Waals surface area contributed by atoms with Crippen molar-refractivity contribution in [1.29, 1.82) is 0 Å². The van der Waals surface area contributed by atoms with Crippen molar-refractivity contribution in [2.45, 2.75) is 33.2 Å². The molecule has 0 N–H and O–H groups in total. The van der Waals surface area contributed by atoms with Crippen LogP contribution in [0.2, 0.25) is 0 Å². The van der Waals surface area contributed by atoms with Gasteiger partial charge in [-0.2, -0.15) is 0 Å². The van der Waals surface area contributed by atoms with Crippen LogP contribution < -0.4 is 0 Å². The van der Waals surface area contributed by atoms with E-state index in [2.05, 4.69) is 48.8 Å². The Morgan fingerprint density at radius 1 is 1.35 bits per heavy atom. The quantitative estimate of drug-likeness (QED) is 0.760. The van der Waals surface area contributed by atoms with Gasteiger partial charge in [-0.05, 0) is 69.8 Å². The molecule has 0 fully saturated rings. The Morgan fingerprint density at radius 2 is 2.00 bits per heavy atom. The number of rotatable bonds is 7. The first-order chi connectivity index (χ1) is 9.36. The highest BCUT2D eigenvalue weighted by molar-refractivity contribution is 9.10. The van der Waals surface area contributed by atoms with Crippen molar-refractivity contribution in [2.24, 2.45) is 0 Å². The van der Waals surface area contributed by atoms with Gasteiger partial charge in [-0.15, -0.1) is 0 Å². The summed E-state index contributed by atoms with van der Waals surface area (Å²) < 4.78 is 2.99. The van der Waals surface area contributed by atoms with E-state index in [1.807, 2.05) is 28.7 Å². The summed E-state index contributed by atoms with van der Waals surface area (Å²) in [6.07, 6.45) is 2.97. The fraction of sp³-hybridized carbons (Fsp3) is 0.667. The Labute approximate surface area is 130 Å². The number of halogens is 1. The minimum atomic E-state index is 0.116. The van der Waals surface area contributed by atoms with Crippen LogP contribution >= 0.6 is 15.9 Å². The van der Waals surface area contributed by atoms with Gasteiger partial charge in [0.1, 0.15) is 5.69 Å². The van der Waals surface area contributed by atoms with Crippen molar-refractivity contribution in [2.75, 3.05) is 33.7 Å². The second kappa shape index (κ2) is 7.84. The van der Waals surface area contributed by atoms with Gasteiger partial charge in [0, 0.05) is 29.8 Å². The summed E-state index contributed by atoms with van der Waals surface area (Å²) in [5.41, 5.74) is 0.763. The second-order valence-corrected chi connectivity index (χ2v) is 6.50. The van der Waals surface area contributed by atoms with Crippen LogP contribution in [0.1, 0.15) is 43.7 Å². The number of amides is 1. The SMILES string of the molecule is CCN(CCCN(C)C)C(=O)c1cc(Br)cn1C(C)C. The predicted octanol–water partition coefficient (Wildman–Crippen LogP) is 3.25. The summed E-state index contributed by atoms with van der Waals surface area (Å²) in [4.78, 5) is 16.7. The zero-order valence-corrected chi connectivity index (χ0v) is 14.8. The van der Waals surface area contributed by atoms with Gasteiger partial charge in [-0.25, -0.2) is 0 Å². The highest BCUT2D eigenvalue weighted by atomic mass is 79.9. The molecule has 20 heavy (non-hydrogen) atoms. The lowest BCUT2D eigenvalue weighted by Crippen LogP contribution is -2.34. The Bertz CT molecular complexity index is 440. The van der Waals surface area contributed by atoms with E-state index in [4.69, 9.17) is 0 Å². The van der Waals surface area contributed by atoms with E-state index in [0.717, 1.165) is 36.2 Å². The molecule has 4 nitrogen and oxygen atoms in total. The molecule has 1 aromatic rings. The first-order valence-electron chi connectivity index (χ1n) is 7.18. The maximum Gasteiger partial charge on any atom is 0.270 e. The Morgan fingerprint density at radius 3 is 2.50 bits per heavy atom. The lowest BCUT2D eigenvalue weighted by atomic mass is 10.3. The van der Waals surface area contributed by atoms with Crippen molar-refractivity contribution >= 4 is 21.8 Å². The maximum atomic E-state index is 12.7. The molecule has 1 aromatic heterocycles. The molecule has 0 bridgehead atoms. The fourth-order valence-corrected chi connectivity index (χ4v) is 2.62. The highest BCUT2D eigenvalue weighted by Crippen LogP contribution is 2.20. The molecule has 0 aliphatic heterocycles. The van der Waals surface area contributed by atoms with E-state index < -0.39 is 0 Å². The Kier molecular flexibility index (Phi) is 6.76. The first-order valence-corrected chi connectivity index (χ1v) is 7.97. The average Bonchev–Trinajstić information content (AvgIpc) is 2.76. The second-order valence-electron chi connectivity index (χ2n) is 5.59. The fourth-order valence-electron chi connectivity index (χ4n) is 2.19. The Balaban J connectivity index is 2.80. The van der Waals surface area contributed by atoms with Crippen LogP contribution in [0.25, 0.3) is 0 Å². The molecule has 0 aliphatic rings. The van der Waals surface area contributed by atoms with Crippen molar-refractivity contribution in [3.63, 3.8) is 0 Å². The van der Waals surface area contributed by atoms with Crippen LogP contribution in [-0.4, -0.2) is 54.0 Å². The van der Waals surface area contributed by atoms with Crippen LogP contribution in [-0.2, 0) is 0 Å². The van der Waals surface area contributed by atoms with E-state index in [0.29, 0.717) is 0 Å². The topological polar surface area (TPSA) is 28.5 Å². The maximum absolute atomic E-state index is 12.7. The third-order valence-corrected chi connectivity index (χ3v) is 3.73. The summed E-state index contributed by atoms with van der Waals surface area (Å²) in [7, 11) is 4.11.